The highest BCUT2D eigenvalue weighted by molar-refractivity contribution is 5.69. The molecule has 0 aromatic rings. The molecule has 0 saturated carbocycles. The lowest BCUT2D eigenvalue weighted by Crippen LogP contribution is -2.07. The molecule has 0 saturated heterocycles. The molecule has 0 bridgehead atoms. The van der Waals surface area contributed by atoms with Gasteiger partial charge in [-0.1, -0.05) is 20.3 Å². The van der Waals surface area contributed by atoms with Crippen molar-refractivity contribution in [2.24, 2.45) is 5.92 Å². The van der Waals surface area contributed by atoms with Gasteiger partial charge in [-0.05, 0) is 12.3 Å². The molecule has 1 N–H and O–H groups in total. The number of ether oxygens (including phenoxy) is 1. The van der Waals surface area contributed by atoms with E-state index >= 15 is 0 Å². The van der Waals surface area contributed by atoms with Crippen molar-refractivity contribution >= 4 is 5.97 Å². The second kappa shape index (κ2) is 8.05. The molecule has 0 amide bonds. The van der Waals surface area contributed by atoms with Gasteiger partial charge in [0.25, 0.3) is 0 Å². The number of aliphatic hydroxyl groups is 1. The summed E-state index contributed by atoms with van der Waals surface area (Å²) in [4.78, 5) is 11.0. The third-order valence-corrected chi connectivity index (χ3v) is 1.73. The van der Waals surface area contributed by atoms with Crippen LogP contribution in [0.15, 0.2) is 0 Å². The Hall–Kier alpha value is -0.570. The van der Waals surface area contributed by atoms with Gasteiger partial charge in [0.2, 0.25) is 0 Å². The van der Waals surface area contributed by atoms with Crippen molar-refractivity contribution < 1.29 is 14.6 Å². The fraction of sp³-hybridized carbons (Fsp3) is 0.900. The molecular formula is C10H20O3. The van der Waals surface area contributed by atoms with Gasteiger partial charge in [0.1, 0.15) is 0 Å². The van der Waals surface area contributed by atoms with Crippen molar-refractivity contribution in [2.75, 3.05) is 13.2 Å². The maximum absolute atomic E-state index is 11.0. The number of rotatable bonds is 7. The first kappa shape index (κ1) is 12.4. The fourth-order valence-electron chi connectivity index (χ4n) is 0.977. The Labute approximate surface area is 80.1 Å². The summed E-state index contributed by atoms with van der Waals surface area (Å²) >= 11 is 0. The van der Waals surface area contributed by atoms with E-state index in [4.69, 9.17) is 9.84 Å². The van der Waals surface area contributed by atoms with Gasteiger partial charge < -0.3 is 9.84 Å². The Morgan fingerprint density at radius 2 is 2.08 bits per heavy atom. The predicted octanol–water partition coefficient (Wildman–Crippen LogP) is 1.74. The van der Waals surface area contributed by atoms with Gasteiger partial charge in [0.05, 0.1) is 6.61 Å². The number of hydrogen-bond acceptors (Lipinski definition) is 3. The van der Waals surface area contributed by atoms with E-state index in [1.165, 1.54) is 0 Å². The number of carbonyl (C=O) groups excluding carboxylic acids is 1. The van der Waals surface area contributed by atoms with E-state index in [2.05, 4.69) is 13.8 Å². The van der Waals surface area contributed by atoms with Gasteiger partial charge in [0.15, 0.2) is 0 Å². The van der Waals surface area contributed by atoms with Gasteiger partial charge in [-0.2, -0.15) is 0 Å². The zero-order valence-corrected chi connectivity index (χ0v) is 8.58. The average Bonchev–Trinajstić information content (AvgIpc) is 2.04. The van der Waals surface area contributed by atoms with Crippen LogP contribution in [0.2, 0.25) is 0 Å². The van der Waals surface area contributed by atoms with Crippen molar-refractivity contribution in [2.45, 2.75) is 39.5 Å². The zero-order valence-electron chi connectivity index (χ0n) is 8.58. The monoisotopic (exact) mass is 188 g/mol. The maximum atomic E-state index is 11.0. The number of carbonyl (C=O) groups is 1. The second-order valence-corrected chi connectivity index (χ2v) is 3.58. The molecule has 0 heterocycles. The van der Waals surface area contributed by atoms with Crippen LogP contribution in [0.3, 0.4) is 0 Å². The Morgan fingerprint density at radius 3 is 2.62 bits per heavy atom. The van der Waals surface area contributed by atoms with E-state index in [1.807, 2.05) is 0 Å². The van der Waals surface area contributed by atoms with Gasteiger partial charge >= 0.3 is 5.97 Å². The highest BCUT2D eigenvalue weighted by Gasteiger charge is 2.02. The lowest BCUT2D eigenvalue weighted by atomic mass is 10.1. The third kappa shape index (κ3) is 9.34. The van der Waals surface area contributed by atoms with Crippen molar-refractivity contribution in [3.8, 4) is 0 Å². The molecule has 0 fully saturated rings. The normalized spacial score (nSPS) is 10.5. The summed E-state index contributed by atoms with van der Waals surface area (Å²) in [5.41, 5.74) is 0. The lowest BCUT2D eigenvalue weighted by molar-refractivity contribution is -0.144. The van der Waals surface area contributed by atoms with E-state index in [-0.39, 0.29) is 12.6 Å². The van der Waals surface area contributed by atoms with Crippen LogP contribution in [0.25, 0.3) is 0 Å². The van der Waals surface area contributed by atoms with Crippen LogP contribution >= 0.6 is 0 Å². The second-order valence-electron chi connectivity index (χ2n) is 3.58. The van der Waals surface area contributed by atoms with E-state index in [0.29, 0.717) is 25.4 Å². The number of esters is 1. The first-order valence-corrected chi connectivity index (χ1v) is 4.93. The minimum atomic E-state index is -0.144. The highest BCUT2D eigenvalue weighted by atomic mass is 16.5. The van der Waals surface area contributed by atoms with Crippen molar-refractivity contribution in [3.05, 3.63) is 0 Å². The van der Waals surface area contributed by atoms with E-state index in [1.54, 1.807) is 0 Å². The van der Waals surface area contributed by atoms with Crippen molar-refractivity contribution in [3.63, 3.8) is 0 Å². The highest BCUT2D eigenvalue weighted by Crippen LogP contribution is 2.06. The summed E-state index contributed by atoms with van der Waals surface area (Å²) in [6.07, 6.45) is 3.00. The molecule has 0 radical (unpaired) electrons. The van der Waals surface area contributed by atoms with Crippen molar-refractivity contribution in [1.29, 1.82) is 0 Å². The van der Waals surface area contributed by atoms with Crippen LogP contribution in [-0.4, -0.2) is 24.3 Å². The average molecular weight is 188 g/mol. The van der Waals surface area contributed by atoms with Crippen LogP contribution in [-0.2, 0) is 9.53 Å². The first-order valence-electron chi connectivity index (χ1n) is 4.93. The van der Waals surface area contributed by atoms with Gasteiger partial charge in [-0.3, -0.25) is 4.79 Å². The van der Waals surface area contributed by atoms with Crippen LogP contribution in [0, 0.1) is 5.92 Å². The van der Waals surface area contributed by atoms with Crippen LogP contribution in [0.1, 0.15) is 39.5 Å². The lowest BCUT2D eigenvalue weighted by Gasteiger charge is -2.04. The van der Waals surface area contributed by atoms with Crippen LogP contribution in [0.4, 0.5) is 0 Å². The summed E-state index contributed by atoms with van der Waals surface area (Å²) in [5.74, 6) is 0.499. The number of hydrogen-bond donors (Lipinski definition) is 1. The Bertz CT molecular complexity index is 132. The molecule has 0 atom stereocenters. The molecule has 0 aliphatic carbocycles. The standard InChI is InChI=1S/C10H20O3/c1-9(2)5-3-6-10(12)13-8-4-7-11/h9,11H,3-8H2,1-2H3. The summed E-state index contributed by atoms with van der Waals surface area (Å²) < 4.78 is 4.87. The van der Waals surface area contributed by atoms with Crippen molar-refractivity contribution in [1.82, 2.24) is 0 Å². The summed E-state index contributed by atoms with van der Waals surface area (Å²) in [7, 11) is 0. The maximum Gasteiger partial charge on any atom is 0.305 e. The first-order chi connectivity index (χ1) is 6.16. The third-order valence-electron chi connectivity index (χ3n) is 1.73. The minimum Gasteiger partial charge on any atom is -0.466 e. The molecule has 0 spiro atoms. The Morgan fingerprint density at radius 1 is 1.38 bits per heavy atom. The SMILES string of the molecule is CC(C)CCCC(=O)OCCCO. The Kier molecular flexibility index (Phi) is 7.69. The van der Waals surface area contributed by atoms with Crippen LogP contribution in [0.5, 0.6) is 0 Å². The molecule has 0 aliphatic rings. The van der Waals surface area contributed by atoms with E-state index < -0.39 is 0 Å². The predicted molar refractivity (Wildman–Crippen MR) is 51.4 cm³/mol. The fourth-order valence-corrected chi connectivity index (χ4v) is 0.977. The number of aliphatic hydroxyl groups excluding tert-OH is 1. The molecule has 0 aliphatic heterocycles. The molecule has 13 heavy (non-hydrogen) atoms. The molecule has 0 unspecified atom stereocenters. The molecule has 3 nitrogen and oxygen atoms in total. The summed E-state index contributed by atoms with van der Waals surface area (Å²) in [6.45, 7) is 4.70. The molecule has 0 aromatic heterocycles. The van der Waals surface area contributed by atoms with Gasteiger partial charge in [-0.25, -0.2) is 0 Å². The molecule has 78 valence electrons. The minimum absolute atomic E-state index is 0.0826. The van der Waals surface area contributed by atoms with Crippen LogP contribution < -0.4 is 0 Å². The van der Waals surface area contributed by atoms with E-state index in [9.17, 15) is 4.79 Å². The quantitative estimate of drug-likeness (QED) is 0.489. The molecular weight excluding hydrogens is 168 g/mol. The molecule has 3 heteroatoms. The van der Waals surface area contributed by atoms with E-state index in [0.717, 1.165) is 12.8 Å². The molecule has 0 aromatic carbocycles. The molecule has 0 rings (SSSR count). The zero-order chi connectivity index (χ0) is 10.1. The summed E-state index contributed by atoms with van der Waals surface area (Å²) in [5, 5.41) is 8.44. The largest absolute Gasteiger partial charge is 0.466 e. The van der Waals surface area contributed by atoms with Gasteiger partial charge in [0, 0.05) is 19.4 Å². The Balaban J connectivity index is 3.20. The van der Waals surface area contributed by atoms with Gasteiger partial charge in [-0.15, -0.1) is 0 Å². The summed E-state index contributed by atoms with van der Waals surface area (Å²) in [6, 6.07) is 0. The smallest absolute Gasteiger partial charge is 0.305 e. The topological polar surface area (TPSA) is 46.5 Å².